The van der Waals surface area contributed by atoms with Crippen LogP contribution in [0.4, 0.5) is 10.2 Å². The standard InChI is InChI=1S/C45H49ClFN7O6/c1-44(2)42(45(3,4)43(44)60-29-7-5-27(22-48)33(46)19-29)51-38(56)28-6-9-36(49-23-28)53-17-11-25(12-18-53)24-52-15-13-26(14-16-52)30-20-31-32(21-34(30)47)41(59)54(40(31)58)35-8-10-37(55)50-39(35)57/h5-7,9,19-21,23,25-26,35,42-43H,8,10-18,24H2,1-4H3,(H,51,56)(H,50,55,57). The lowest BCUT2D eigenvalue weighted by molar-refractivity contribution is -0.164. The lowest BCUT2D eigenvalue weighted by Crippen LogP contribution is -2.74. The number of fused-ring (bicyclic) bond motifs is 1. The smallest absolute Gasteiger partial charge is 0.262 e. The number of pyridine rings is 1. The molecule has 0 radical (unpaired) electrons. The molecule has 15 heteroatoms. The van der Waals surface area contributed by atoms with Crippen molar-refractivity contribution in [3.8, 4) is 11.8 Å². The summed E-state index contributed by atoms with van der Waals surface area (Å²) in [4.78, 5) is 74.2. The third-order valence-corrected chi connectivity index (χ3v) is 13.8. The number of likely N-dealkylation sites (tertiary alicyclic amines) is 1. The molecule has 1 atom stereocenters. The van der Waals surface area contributed by atoms with Gasteiger partial charge in [-0.3, -0.25) is 34.2 Å². The lowest BCUT2D eigenvalue weighted by Gasteiger charge is -2.63. The first-order chi connectivity index (χ1) is 28.6. The van der Waals surface area contributed by atoms with E-state index < -0.39 is 35.5 Å². The minimum atomic E-state index is -1.09. The number of carbonyl (C=O) groups excluding carboxylic acids is 5. The van der Waals surface area contributed by atoms with Crippen molar-refractivity contribution in [1.82, 2.24) is 25.4 Å². The molecule has 60 heavy (non-hydrogen) atoms. The number of ether oxygens (including phenoxy) is 1. The molecule has 4 aliphatic heterocycles. The topological polar surface area (TPSA) is 165 Å². The predicted molar refractivity (Wildman–Crippen MR) is 220 cm³/mol. The van der Waals surface area contributed by atoms with Gasteiger partial charge in [0.25, 0.3) is 17.7 Å². The third kappa shape index (κ3) is 7.51. The predicted octanol–water partition coefficient (Wildman–Crippen LogP) is 5.85. The molecule has 314 valence electrons. The fraction of sp³-hybridized carbons (Fsp3) is 0.489. The molecule has 2 N–H and O–H groups in total. The number of rotatable bonds is 9. The van der Waals surface area contributed by atoms with Crippen LogP contribution < -0.4 is 20.3 Å². The number of benzene rings is 2. The Labute approximate surface area is 353 Å². The number of anilines is 1. The lowest BCUT2D eigenvalue weighted by atomic mass is 9.49. The third-order valence-electron chi connectivity index (χ3n) is 13.5. The highest BCUT2D eigenvalue weighted by Gasteiger charge is 2.64. The number of hydrogen-bond acceptors (Lipinski definition) is 10. The van der Waals surface area contributed by atoms with E-state index in [0.717, 1.165) is 75.2 Å². The van der Waals surface area contributed by atoms with Gasteiger partial charge in [-0.05, 0) is 99.0 Å². The second-order valence-corrected chi connectivity index (χ2v) is 18.5. The maximum absolute atomic E-state index is 15.5. The molecule has 1 aliphatic carbocycles. The highest BCUT2D eigenvalue weighted by Crippen LogP contribution is 2.55. The van der Waals surface area contributed by atoms with Gasteiger partial charge in [-0.25, -0.2) is 9.37 Å². The van der Waals surface area contributed by atoms with Crippen LogP contribution >= 0.6 is 11.6 Å². The SMILES string of the molecule is CC1(C)C(NC(=O)c2ccc(N3CCC(CN4CCC(c5cc6c(cc5F)C(=O)N(C5CCC(=O)NC5=O)C6=O)CC4)CC3)nc2)C(C)(C)C1Oc1ccc(C#N)c(Cl)c1. The van der Waals surface area contributed by atoms with E-state index in [-0.39, 0.29) is 58.8 Å². The largest absolute Gasteiger partial charge is 0.489 e. The Balaban J connectivity index is 0.800. The molecule has 8 rings (SSSR count). The maximum atomic E-state index is 15.5. The van der Waals surface area contributed by atoms with Crippen molar-refractivity contribution in [3.05, 3.63) is 87.3 Å². The van der Waals surface area contributed by atoms with Crippen molar-refractivity contribution < 1.29 is 33.1 Å². The van der Waals surface area contributed by atoms with Crippen molar-refractivity contribution in [2.24, 2.45) is 16.7 Å². The number of amides is 5. The maximum Gasteiger partial charge on any atom is 0.262 e. The monoisotopic (exact) mass is 837 g/mol. The van der Waals surface area contributed by atoms with Crippen LogP contribution in [0.2, 0.25) is 5.02 Å². The Morgan fingerprint density at radius 1 is 0.950 bits per heavy atom. The molecule has 1 unspecified atom stereocenters. The second-order valence-electron chi connectivity index (χ2n) is 18.1. The van der Waals surface area contributed by atoms with Crippen molar-refractivity contribution >= 4 is 47.0 Å². The molecule has 13 nitrogen and oxygen atoms in total. The molecule has 1 aromatic heterocycles. The van der Waals surface area contributed by atoms with Gasteiger partial charge in [0.15, 0.2) is 0 Å². The Hall–Kier alpha value is -5.39. The second kappa shape index (κ2) is 15.9. The summed E-state index contributed by atoms with van der Waals surface area (Å²) in [6, 6.07) is 12.2. The zero-order valence-corrected chi connectivity index (χ0v) is 35.0. The number of aromatic nitrogens is 1. The van der Waals surface area contributed by atoms with E-state index in [4.69, 9.17) is 16.3 Å². The van der Waals surface area contributed by atoms with Gasteiger partial charge in [0.05, 0.1) is 27.3 Å². The van der Waals surface area contributed by atoms with Crippen molar-refractivity contribution in [2.75, 3.05) is 37.6 Å². The van der Waals surface area contributed by atoms with Gasteiger partial charge in [0, 0.05) is 55.2 Å². The molecule has 2 aromatic carbocycles. The molecule has 3 saturated heterocycles. The number of piperidine rings is 3. The number of halogens is 2. The summed E-state index contributed by atoms with van der Waals surface area (Å²) in [7, 11) is 0. The molecule has 5 heterocycles. The Bertz CT molecular complexity index is 2280. The van der Waals surface area contributed by atoms with Crippen molar-refractivity contribution in [2.45, 2.75) is 90.3 Å². The number of nitrogens with one attached hydrogen (secondary N) is 2. The van der Waals surface area contributed by atoms with Gasteiger partial charge in [0.2, 0.25) is 11.8 Å². The van der Waals surface area contributed by atoms with Crippen LogP contribution in [0.5, 0.6) is 5.75 Å². The van der Waals surface area contributed by atoms with Crippen LogP contribution in [0.1, 0.15) is 114 Å². The average molecular weight is 838 g/mol. The minimum Gasteiger partial charge on any atom is -0.489 e. The van der Waals surface area contributed by atoms with Crippen molar-refractivity contribution in [3.63, 3.8) is 0 Å². The molecule has 0 bridgehead atoms. The zero-order chi connectivity index (χ0) is 42.7. The molecule has 5 amide bonds. The molecular weight excluding hydrogens is 789 g/mol. The molecule has 3 aromatic rings. The molecule has 5 aliphatic rings. The number of imide groups is 2. The quantitative estimate of drug-likeness (QED) is 0.250. The summed E-state index contributed by atoms with van der Waals surface area (Å²) in [5.41, 5.74) is 0.587. The van der Waals surface area contributed by atoms with Gasteiger partial charge in [-0.1, -0.05) is 39.3 Å². The van der Waals surface area contributed by atoms with Crippen LogP contribution in [0.25, 0.3) is 0 Å². The fourth-order valence-electron chi connectivity index (χ4n) is 10.5. The normalized spacial score (nSPS) is 24.4. The number of nitriles is 1. The molecule has 4 fully saturated rings. The summed E-state index contributed by atoms with van der Waals surface area (Å²) in [6.45, 7) is 12.5. The zero-order valence-electron chi connectivity index (χ0n) is 34.2. The van der Waals surface area contributed by atoms with E-state index in [1.165, 1.54) is 6.07 Å². The van der Waals surface area contributed by atoms with E-state index >= 15 is 4.39 Å². The van der Waals surface area contributed by atoms with Crippen LogP contribution in [0.3, 0.4) is 0 Å². The molecular formula is C45H49ClFN7O6. The van der Waals surface area contributed by atoms with Crippen LogP contribution in [0, 0.1) is 33.9 Å². The van der Waals surface area contributed by atoms with E-state index in [2.05, 4.69) is 59.2 Å². The summed E-state index contributed by atoms with van der Waals surface area (Å²) in [6.07, 6.45) is 4.92. The van der Waals surface area contributed by atoms with Crippen LogP contribution in [-0.4, -0.2) is 95.2 Å². The first-order valence-electron chi connectivity index (χ1n) is 20.7. The highest BCUT2D eigenvalue weighted by atomic mass is 35.5. The minimum absolute atomic E-state index is 0.0206. The van der Waals surface area contributed by atoms with E-state index in [0.29, 0.717) is 33.4 Å². The summed E-state index contributed by atoms with van der Waals surface area (Å²) in [5.74, 6) is -1.38. The summed E-state index contributed by atoms with van der Waals surface area (Å²) < 4.78 is 21.9. The van der Waals surface area contributed by atoms with Gasteiger partial charge < -0.3 is 19.9 Å². The van der Waals surface area contributed by atoms with Crippen LogP contribution in [0.15, 0.2) is 48.7 Å². The van der Waals surface area contributed by atoms with Gasteiger partial charge >= 0.3 is 0 Å². The van der Waals surface area contributed by atoms with Gasteiger partial charge in [-0.2, -0.15) is 5.26 Å². The first kappa shape index (κ1) is 41.3. The summed E-state index contributed by atoms with van der Waals surface area (Å²) in [5, 5.41) is 15.0. The highest BCUT2D eigenvalue weighted by molar-refractivity contribution is 6.31. The Morgan fingerprint density at radius 3 is 2.25 bits per heavy atom. The van der Waals surface area contributed by atoms with E-state index in [1.54, 1.807) is 24.4 Å². The summed E-state index contributed by atoms with van der Waals surface area (Å²) >= 11 is 6.24. The Kier molecular flexibility index (Phi) is 11.0. The van der Waals surface area contributed by atoms with Gasteiger partial charge in [0.1, 0.15) is 35.6 Å². The average Bonchev–Trinajstić information content (AvgIpc) is 3.46. The molecule has 0 spiro atoms. The first-order valence-corrected chi connectivity index (χ1v) is 21.1. The number of carbonyl (C=O) groups is 5. The fourth-order valence-corrected chi connectivity index (χ4v) is 10.7. The Morgan fingerprint density at radius 2 is 1.63 bits per heavy atom. The number of hydrogen-bond donors (Lipinski definition) is 2. The van der Waals surface area contributed by atoms with Gasteiger partial charge in [-0.15, -0.1) is 0 Å². The van der Waals surface area contributed by atoms with Crippen molar-refractivity contribution in [1.29, 1.82) is 5.26 Å². The van der Waals surface area contributed by atoms with E-state index in [9.17, 15) is 29.2 Å². The van der Waals surface area contributed by atoms with E-state index in [1.807, 2.05) is 12.1 Å². The number of nitrogens with zero attached hydrogens (tertiary/aromatic N) is 5. The van der Waals surface area contributed by atoms with Crippen LogP contribution in [-0.2, 0) is 9.59 Å². The molecule has 1 saturated carbocycles.